The van der Waals surface area contributed by atoms with Crippen LogP contribution in [0.25, 0.3) is 0 Å². The van der Waals surface area contributed by atoms with Crippen molar-refractivity contribution >= 4 is 5.97 Å². The van der Waals surface area contributed by atoms with Crippen LogP contribution in [0.2, 0.25) is 0 Å². The molecule has 0 bridgehead atoms. The van der Waals surface area contributed by atoms with Crippen LogP contribution in [0, 0.1) is 0 Å². The Bertz CT molecular complexity index is 981. The van der Waals surface area contributed by atoms with Crippen LogP contribution in [0.1, 0.15) is 27.0 Å². The van der Waals surface area contributed by atoms with Gasteiger partial charge in [0.05, 0.1) is 25.4 Å². The molecule has 0 saturated carbocycles. The Morgan fingerprint density at radius 1 is 0.900 bits per heavy atom. The minimum absolute atomic E-state index is 0.0804. The van der Waals surface area contributed by atoms with E-state index >= 15 is 0 Å². The molecule has 1 unspecified atom stereocenters. The van der Waals surface area contributed by atoms with Crippen LogP contribution in [0.3, 0.4) is 0 Å². The van der Waals surface area contributed by atoms with Crippen LogP contribution in [-0.4, -0.2) is 25.8 Å². The molecule has 5 heteroatoms. The Balaban J connectivity index is 1.66. The third kappa shape index (κ3) is 4.99. The maximum atomic E-state index is 12.4. The van der Waals surface area contributed by atoms with E-state index in [0.29, 0.717) is 43.3 Å². The van der Waals surface area contributed by atoms with Gasteiger partial charge in [-0.2, -0.15) is 0 Å². The maximum absolute atomic E-state index is 12.4. The molecule has 0 spiro atoms. The molecule has 154 valence electrons. The van der Waals surface area contributed by atoms with Crippen molar-refractivity contribution in [2.45, 2.75) is 25.7 Å². The first-order valence-corrected chi connectivity index (χ1v) is 9.94. The molecule has 0 amide bonds. The molecule has 1 saturated heterocycles. The fourth-order valence-corrected chi connectivity index (χ4v) is 3.26. The van der Waals surface area contributed by atoms with Crippen LogP contribution in [-0.2, 0) is 29.1 Å². The van der Waals surface area contributed by atoms with Crippen LogP contribution >= 0.6 is 0 Å². The van der Waals surface area contributed by atoms with Crippen LogP contribution in [0.4, 0.5) is 0 Å². The molecular formula is C25H24O5. The molecule has 1 heterocycles. The zero-order chi connectivity index (χ0) is 20.8. The van der Waals surface area contributed by atoms with E-state index in [0.717, 1.165) is 16.7 Å². The Labute approximate surface area is 176 Å². The Hall–Kier alpha value is -3.31. The minimum atomic E-state index is -0.398. The molecule has 30 heavy (non-hydrogen) atoms. The van der Waals surface area contributed by atoms with Gasteiger partial charge in [0.2, 0.25) is 0 Å². The third-order valence-corrected chi connectivity index (χ3v) is 4.93. The number of hydrogen-bond acceptors (Lipinski definition) is 5. The number of carbonyl (C=O) groups is 1. The van der Waals surface area contributed by atoms with Crippen LogP contribution in [0.15, 0.2) is 72.8 Å². The van der Waals surface area contributed by atoms with Gasteiger partial charge in [-0.1, -0.05) is 60.7 Å². The maximum Gasteiger partial charge on any atom is 0.338 e. The second kappa shape index (κ2) is 9.46. The summed E-state index contributed by atoms with van der Waals surface area (Å²) in [5.74, 6) is 0.760. The summed E-state index contributed by atoms with van der Waals surface area (Å²) < 4.78 is 22.7. The van der Waals surface area contributed by atoms with Gasteiger partial charge in [0.25, 0.3) is 0 Å². The summed E-state index contributed by atoms with van der Waals surface area (Å²) in [6, 6.07) is 23.3. The summed E-state index contributed by atoms with van der Waals surface area (Å²) >= 11 is 0. The van der Waals surface area contributed by atoms with Gasteiger partial charge >= 0.3 is 5.97 Å². The van der Waals surface area contributed by atoms with Crippen molar-refractivity contribution in [1.82, 2.24) is 0 Å². The zero-order valence-electron chi connectivity index (χ0n) is 16.9. The van der Waals surface area contributed by atoms with Gasteiger partial charge in [-0.15, -0.1) is 0 Å². The molecule has 0 aromatic heterocycles. The molecule has 3 aromatic rings. The largest absolute Gasteiger partial charge is 0.485 e. The van der Waals surface area contributed by atoms with Crippen molar-refractivity contribution in [2.24, 2.45) is 0 Å². The average molecular weight is 404 g/mol. The molecule has 1 aliphatic heterocycles. The van der Waals surface area contributed by atoms with E-state index in [-0.39, 0.29) is 6.10 Å². The highest BCUT2D eigenvalue weighted by atomic mass is 16.6. The van der Waals surface area contributed by atoms with Gasteiger partial charge in [-0.05, 0) is 23.3 Å². The first kappa shape index (κ1) is 20.0. The standard InChI is InChI=1S/C25H24O5/c1-27-25(26)21-12-13-23(29-15-18-8-4-2-5-9-18)24(22(21)14-20-17-28-20)30-16-19-10-6-3-7-11-19/h2-13,20H,14-17H2,1H3. The van der Waals surface area contributed by atoms with Crippen molar-refractivity contribution < 1.29 is 23.7 Å². The normalized spacial score (nSPS) is 14.8. The average Bonchev–Trinajstić information content (AvgIpc) is 3.62. The number of rotatable bonds is 9. The summed E-state index contributed by atoms with van der Waals surface area (Å²) in [6.45, 7) is 1.44. The molecular weight excluding hydrogens is 380 g/mol. The third-order valence-electron chi connectivity index (χ3n) is 4.93. The quantitative estimate of drug-likeness (QED) is 0.386. The van der Waals surface area contributed by atoms with E-state index in [4.69, 9.17) is 18.9 Å². The number of ether oxygens (including phenoxy) is 4. The molecule has 0 N–H and O–H groups in total. The number of benzene rings is 3. The Morgan fingerprint density at radius 2 is 1.50 bits per heavy atom. The number of esters is 1. The highest BCUT2D eigenvalue weighted by molar-refractivity contribution is 5.92. The monoisotopic (exact) mass is 404 g/mol. The minimum Gasteiger partial charge on any atom is -0.485 e. The predicted molar refractivity (Wildman–Crippen MR) is 113 cm³/mol. The van der Waals surface area contributed by atoms with Crippen LogP contribution in [0.5, 0.6) is 11.5 Å². The van der Waals surface area contributed by atoms with Crippen molar-refractivity contribution in [1.29, 1.82) is 0 Å². The highest BCUT2D eigenvalue weighted by Crippen LogP contribution is 2.38. The van der Waals surface area contributed by atoms with Gasteiger partial charge in [-0.25, -0.2) is 4.79 Å². The summed E-state index contributed by atoms with van der Waals surface area (Å²) in [7, 11) is 1.38. The second-order valence-corrected chi connectivity index (χ2v) is 7.12. The van der Waals surface area contributed by atoms with Gasteiger partial charge in [0.15, 0.2) is 11.5 Å². The van der Waals surface area contributed by atoms with E-state index in [1.165, 1.54) is 7.11 Å². The molecule has 5 nitrogen and oxygen atoms in total. The molecule has 4 rings (SSSR count). The smallest absolute Gasteiger partial charge is 0.338 e. The van der Waals surface area contributed by atoms with Crippen molar-refractivity contribution in [3.8, 4) is 11.5 Å². The number of carbonyl (C=O) groups excluding carboxylic acids is 1. The lowest BCUT2D eigenvalue weighted by molar-refractivity contribution is 0.0598. The Kier molecular flexibility index (Phi) is 6.30. The summed E-state index contributed by atoms with van der Waals surface area (Å²) in [5, 5.41) is 0. The number of hydrogen-bond donors (Lipinski definition) is 0. The number of methoxy groups -OCH3 is 1. The van der Waals surface area contributed by atoms with E-state index < -0.39 is 5.97 Å². The van der Waals surface area contributed by atoms with Crippen molar-refractivity contribution in [3.05, 3.63) is 95.1 Å². The lowest BCUT2D eigenvalue weighted by atomic mass is 10.0. The molecule has 0 radical (unpaired) electrons. The Morgan fingerprint density at radius 3 is 2.07 bits per heavy atom. The van der Waals surface area contributed by atoms with E-state index in [1.807, 2.05) is 60.7 Å². The molecule has 0 aliphatic carbocycles. The zero-order valence-corrected chi connectivity index (χ0v) is 16.9. The molecule has 1 atom stereocenters. The second-order valence-electron chi connectivity index (χ2n) is 7.12. The summed E-state index contributed by atoms with van der Waals surface area (Å²) in [6.07, 6.45) is 0.647. The first-order chi connectivity index (χ1) is 14.7. The highest BCUT2D eigenvalue weighted by Gasteiger charge is 2.29. The SMILES string of the molecule is COC(=O)c1ccc(OCc2ccccc2)c(OCc2ccccc2)c1CC1CO1. The van der Waals surface area contributed by atoms with Crippen LogP contribution < -0.4 is 9.47 Å². The first-order valence-electron chi connectivity index (χ1n) is 9.94. The molecule has 1 aliphatic rings. The fourth-order valence-electron chi connectivity index (χ4n) is 3.26. The molecule has 1 fully saturated rings. The van der Waals surface area contributed by atoms with Crippen molar-refractivity contribution in [3.63, 3.8) is 0 Å². The number of epoxide rings is 1. The van der Waals surface area contributed by atoms with E-state index in [2.05, 4.69) is 0 Å². The summed E-state index contributed by atoms with van der Waals surface area (Å²) in [5.41, 5.74) is 3.31. The molecule has 3 aromatic carbocycles. The topological polar surface area (TPSA) is 57.3 Å². The van der Waals surface area contributed by atoms with E-state index in [1.54, 1.807) is 12.1 Å². The van der Waals surface area contributed by atoms with E-state index in [9.17, 15) is 4.79 Å². The van der Waals surface area contributed by atoms with Gasteiger partial charge < -0.3 is 18.9 Å². The predicted octanol–water partition coefficient (Wildman–Crippen LogP) is 4.57. The van der Waals surface area contributed by atoms with Gasteiger partial charge in [-0.3, -0.25) is 0 Å². The fraction of sp³-hybridized carbons (Fsp3) is 0.240. The van der Waals surface area contributed by atoms with Gasteiger partial charge in [0.1, 0.15) is 13.2 Å². The van der Waals surface area contributed by atoms with Gasteiger partial charge in [0, 0.05) is 12.0 Å². The lowest BCUT2D eigenvalue weighted by Gasteiger charge is -2.19. The van der Waals surface area contributed by atoms with Crippen molar-refractivity contribution in [2.75, 3.05) is 13.7 Å². The lowest BCUT2D eigenvalue weighted by Crippen LogP contribution is -2.12. The summed E-state index contributed by atoms with van der Waals surface area (Å²) in [4.78, 5) is 12.4.